The molecule has 0 bridgehead atoms. The zero-order valence-electron chi connectivity index (χ0n) is 20.6. The second kappa shape index (κ2) is 10.1. The highest BCUT2D eigenvalue weighted by Crippen LogP contribution is 2.37. The number of methoxy groups -OCH3 is 1. The Balaban J connectivity index is 1.61. The molecule has 2 N–H and O–H groups in total. The van der Waals surface area contributed by atoms with Crippen LogP contribution in [0.4, 0.5) is 32.7 Å². The molecule has 4 rings (SSSR count). The molecule has 0 fully saturated rings. The van der Waals surface area contributed by atoms with Crippen molar-refractivity contribution in [2.45, 2.75) is 26.3 Å². The Labute approximate surface area is 215 Å². The molecule has 1 aliphatic heterocycles. The van der Waals surface area contributed by atoms with Crippen LogP contribution in [0.2, 0.25) is 5.02 Å². The number of hydrogen-bond donors (Lipinski definition) is 2. The van der Waals surface area contributed by atoms with Gasteiger partial charge in [-0.15, -0.1) is 0 Å². The quantitative estimate of drug-likeness (QED) is 0.402. The van der Waals surface area contributed by atoms with Gasteiger partial charge >= 0.3 is 10.4 Å². The molecule has 36 heavy (non-hydrogen) atoms. The summed E-state index contributed by atoms with van der Waals surface area (Å²) in [6.07, 6.45) is 2.43. The Kier molecular flexibility index (Phi) is 7.26. The number of rotatable bonds is 7. The highest BCUT2D eigenvalue weighted by atomic mass is 35.5. The van der Waals surface area contributed by atoms with Crippen LogP contribution in [0.5, 0.6) is 5.75 Å². The fraction of sp³-hybridized carbons (Fsp3) is 0.333. The maximum Gasteiger partial charge on any atom is 0.399 e. The first kappa shape index (κ1) is 25.9. The van der Waals surface area contributed by atoms with Crippen LogP contribution in [0.1, 0.15) is 29.7 Å². The van der Waals surface area contributed by atoms with Gasteiger partial charge in [-0.05, 0) is 74.3 Å². The number of ether oxygens (including phenoxy) is 1. The fourth-order valence-corrected chi connectivity index (χ4v) is 4.62. The van der Waals surface area contributed by atoms with Crippen LogP contribution in [0, 0.1) is 6.92 Å². The van der Waals surface area contributed by atoms with Crippen molar-refractivity contribution in [1.82, 2.24) is 14.9 Å². The molecule has 0 aliphatic carbocycles. The predicted octanol–water partition coefficient (Wildman–Crippen LogP) is 5.13. The first-order valence-electron chi connectivity index (χ1n) is 11.2. The maximum absolute atomic E-state index is 13.3. The molecule has 2 heterocycles. The number of hydrogen-bond acceptors (Lipinski definition) is 8. The van der Waals surface area contributed by atoms with Gasteiger partial charge < -0.3 is 15.4 Å². The van der Waals surface area contributed by atoms with Gasteiger partial charge in [0.25, 0.3) is 0 Å². The summed E-state index contributed by atoms with van der Waals surface area (Å²) in [6.45, 7) is 4.91. The number of fused-ring (bicyclic) bond motifs is 1. The van der Waals surface area contributed by atoms with Gasteiger partial charge in [-0.25, -0.2) is 9.29 Å². The summed E-state index contributed by atoms with van der Waals surface area (Å²) in [7, 11) is 0.0178. The van der Waals surface area contributed by atoms with Crippen molar-refractivity contribution in [3.63, 3.8) is 0 Å². The third-order valence-electron chi connectivity index (χ3n) is 6.45. The van der Waals surface area contributed by atoms with E-state index in [0.717, 1.165) is 25.7 Å². The number of nitrogens with one attached hydrogen (secondary N) is 2. The van der Waals surface area contributed by atoms with Gasteiger partial charge in [-0.1, -0.05) is 15.5 Å². The lowest BCUT2D eigenvalue weighted by atomic mass is 9.93. The third kappa shape index (κ3) is 5.32. The van der Waals surface area contributed by atoms with Crippen LogP contribution >= 0.6 is 11.6 Å². The number of nitrogens with zero attached hydrogens (tertiary/aromatic N) is 4. The molecule has 3 aromatic rings. The summed E-state index contributed by atoms with van der Waals surface area (Å²) in [4.78, 5) is 11.1. The number of benzene rings is 2. The molecule has 9 nitrogen and oxygen atoms in total. The lowest BCUT2D eigenvalue weighted by Gasteiger charge is -2.33. The van der Waals surface area contributed by atoms with Gasteiger partial charge in [0.15, 0.2) is 5.82 Å². The zero-order valence-corrected chi connectivity index (χ0v) is 22.2. The molecule has 12 heteroatoms. The number of aromatic nitrogens is 2. The molecular formula is C24H28ClFN6O3S. The van der Waals surface area contributed by atoms with Crippen LogP contribution in [0.15, 0.2) is 36.5 Å². The van der Waals surface area contributed by atoms with E-state index in [1.165, 1.54) is 23.4 Å². The second-order valence-corrected chi connectivity index (χ2v) is 10.5. The van der Waals surface area contributed by atoms with Gasteiger partial charge in [-0.3, -0.25) is 4.90 Å². The van der Waals surface area contributed by atoms with E-state index < -0.39 is 10.4 Å². The zero-order chi connectivity index (χ0) is 26.2. The molecule has 1 aromatic heterocycles. The molecular weight excluding hydrogens is 507 g/mol. The molecule has 0 amide bonds. The fourth-order valence-electron chi connectivity index (χ4n) is 4.11. The van der Waals surface area contributed by atoms with Crippen molar-refractivity contribution in [2.75, 3.05) is 42.7 Å². The Morgan fingerprint density at radius 3 is 2.64 bits per heavy atom. The predicted molar refractivity (Wildman–Crippen MR) is 141 cm³/mol. The molecule has 192 valence electrons. The maximum atomic E-state index is 13.3. The minimum atomic E-state index is -4.85. The Morgan fingerprint density at radius 1 is 1.22 bits per heavy atom. The molecule has 0 spiro atoms. The average Bonchev–Trinajstić information content (AvgIpc) is 2.83. The number of anilines is 5. The van der Waals surface area contributed by atoms with Crippen molar-refractivity contribution in [1.29, 1.82) is 0 Å². The molecule has 2 aromatic carbocycles. The van der Waals surface area contributed by atoms with Crippen LogP contribution in [0.3, 0.4) is 0 Å². The topological polar surface area (TPSA) is 99.7 Å². The van der Waals surface area contributed by atoms with E-state index in [4.69, 9.17) is 16.3 Å². The lowest BCUT2D eigenvalue weighted by molar-refractivity contribution is 0.247. The van der Waals surface area contributed by atoms with Gasteiger partial charge in [-0.2, -0.15) is 13.4 Å². The lowest BCUT2D eigenvalue weighted by Crippen LogP contribution is -2.30. The largest absolute Gasteiger partial charge is 0.495 e. The summed E-state index contributed by atoms with van der Waals surface area (Å²) in [6, 6.07) is 9.04. The van der Waals surface area contributed by atoms with Crippen LogP contribution in [-0.4, -0.2) is 51.0 Å². The highest BCUT2D eigenvalue weighted by Gasteiger charge is 2.23. The minimum absolute atomic E-state index is 0.191. The van der Waals surface area contributed by atoms with E-state index in [-0.39, 0.29) is 11.7 Å². The van der Waals surface area contributed by atoms with Gasteiger partial charge in [0.05, 0.1) is 24.7 Å². The van der Waals surface area contributed by atoms with Gasteiger partial charge in [0, 0.05) is 25.3 Å². The molecule has 0 saturated carbocycles. The van der Waals surface area contributed by atoms with Crippen LogP contribution < -0.4 is 19.7 Å². The standard InChI is InChI=1S/C24H28ClFN6O3S/c1-14-10-17(32(4)36(26,33)34)6-7-20(14)28-23-19(25)13-27-24(30-23)29-21-12-18-15(2)31(3)9-8-16(18)11-22(21)35-5/h6-7,10-13,15H,8-9H2,1-5H3,(H2,27,28,29,30). The van der Waals surface area contributed by atoms with E-state index in [1.54, 1.807) is 26.2 Å². The third-order valence-corrected chi connectivity index (χ3v) is 7.59. The molecule has 0 saturated heterocycles. The molecule has 1 aliphatic rings. The van der Waals surface area contributed by atoms with Gasteiger partial charge in [0.1, 0.15) is 10.8 Å². The summed E-state index contributed by atoms with van der Waals surface area (Å²) in [5.74, 6) is 1.35. The van der Waals surface area contributed by atoms with Crippen molar-refractivity contribution in [2.24, 2.45) is 0 Å². The van der Waals surface area contributed by atoms with Crippen molar-refractivity contribution < 1.29 is 17.0 Å². The number of aryl methyl sites for hydroxylation is 1. The van der Waals surface area contributed by atoms with E-state index in [9.17, 15) is 12.3 Å². The smallest absolute Gasteiger partial charge is 0.399 e. The number of halogens is 2. The number of likely N-dealkylation sites (N-methyl/N-ethyl adjacent to an activating group) is 1. The Morgan fingerprint density at radius 2 is 1.97 bits per heavy atom. The molecule has 1 atom stereocenters. The van der Waals surface area contributed by atoms with Crippen LogP contribution in [0.25, 0.3) is 0 Å². The van der Waals surface area contributed by atoms with E-state index >= 15 is 0 Å². The van der Waals surface area contributed by atoms with Crippen molar-refractivity contribution in [3.05, 3.63) is 58.2 Å². The van der Waals surface area contributed by atoms with E-state index in [0.29, 0.717) is 38.1 Å². The van der Waals surface area contributed by atoms with Crippen molar-refractivity contribution >= 4 is 50.8 Å². The summed E-state index contributed by atoms with van der Waals surface area (Å²) in [5, 5.41) is 6.67. The Bertz CT molecular complexity index is 1400. The van der Waals surface area contributed by atoms with E-state index in [2.05, 4.69) is 51.6 Å². The minimum Gasteiger partial charge on any atom is -0.495 e. The average molecular weight is 535 g/mol. The van der Waals surface area contributed by atoms with Crippen molar-refractivity contribution in [3.8, 4) is 5.75 Å². The highest BCUT2D eigenvalue weighted by molar-refractivity contribution is 7.87. The summed E-state index contributed by atoms with van der Waals surface area (Å²) >= 11 is 6.35. The van der Waals surface area contributed by atoms with Crippen LogP contribution in [-0.2, 0) is 16.8 Å². The summed E-state index contributed by atoms with van der Waals surface area (Å²) < 4.78 is 41.9. The first-order valence-corrected chi connectivity index (χ1v) is 13.0. The summed E-state index contributed by atoms with van der Waals surface area (Å²) in [5.41, 5.74) is 4.70. The normalized spacial score (nSPS) is 15.8. The first-order chi connectivity index (χ1) is 17.0. The Hall–Kier alpha value is -3.15. The molecule has 1 unspecified atom stereocenters. The van der Waals surface area contributed by atoms with E-state index in [1.807, 2.05) is 0 Å². The monoisotopic (exact) mass is 534 g/mol. The SMILES string of the molecule is COc1cc2c(cc1Nc1ncc(Cl)c(Nc3ccc(N(C)S(=O)(=O)F)cc3C)n1)C(C)N(C)CC2. The van der Waals surface area contributed by atoms with Gasteiger partial charge in [0.2, 0.25) is 5.95 Å². The second-order valence-electron chi connectivity index (χ2n) is 8.71. The molecule has 0 radical (unpaired) electrons.